The predicted molar refractivity (Wildman–Crippen MR) is 120 cm³/mol. The van der Waals surface area contributed by atoms with Gasteiger partial charge in [0.25, 0.3) is 5.79 Å². The number of benzene rings is 1. The zero-order valence-electron chi connectivity index (χ0n) is 18.7. The van der Waals surface area contributed by atoms with Crippen molar-refractivity contribution in [1.29, 1.82) is 0 Å². The minimum atomic E-state index is -1.32. The molecule has 0 bridgehead atoms. The van der Waals surface area contributed by atoms with Crippen LogP contribution in [-0.2, 0) is 32.0 Å². The summed E-state index contributed by atoms with van der Waals surface area (Å²) in [5, 5.41) is 0. The van der Waals surface area contributed by atoms with Gasteiger partial charge in [0, 0.05) is 17.7 Å². The topological polar surface area (TPSA) is 80.0 Å². The standard InChI is InChI=1S/C24H27NO6S/c1-15-5-10-21(32-15)22-25-20(16(2)31-22)14-28-19-8-6-17(7-9-19)11-18-12-29-24(3,30-13-18)23(26)27-4/h5-10,18H,11-14H2,1-4H3/t18-,24+. The highest BCUT2D eigenvalue weighted by Crippen LogP contribution is 2.29. The summed E-state index contributed by atoms with van der Waals surface area (Å²) >= 11 is 1.66. The summed E-state index contributed by atoms with van der Waals surface area (Å²) in [6.45, 7) is 6.75. The Labute approximate surface area is 191 Å². The number of thiophene rings is 1. The number of rotatable bonds is 7. The maximum Gasteiger partial charge on any atom is 0.366 e. The molecule has 0 amide bonds. The molecule has 0 atom stereocenters. The van der Waals surface area contributed by atoms with Gasteiger partial charge in [0.05, 0.1) is 25.2 Å². The maximum atomic E-state index is 11.8. The quantitative estimate of drug-likeness (QED) is 0.476. The Morgan fingerprint density at radius 2 is 1.88 bits per heavy atom. The summed E-state index contributed by atoms with van der Waals surface area (Å²) in [6.07, 6.45) is 0.781. The highest BCUT2D eigenvalue weighted by atomic mass is 32.1. The van der Waals surface area contributed by atoms with Gasteiger partial charge in [-0.2, -0.15) is 0 Å². The van der Waals surface area contributed by atoms with Crippen molar-refractivity contribution >= 4 is 17.3 Å². The van der Waals surface area contributed by atoms with Crippen molar-refractivity contribution in [2.45, 2.75) is 39.6 Å². The van der Waals surface area contributed by atoms with E-state index in [1.54, 1.807) is 18.3 Å². The van der Waals surface area contributed by atoms with Gasteiger partial charge < -0.3 is 23.4 Å². The second-order valence-corrected chi connectivity index (χ2v) is 9.28. The zero-order chi connectivity index (χ0) is 22.7. The number of aromatic nitrogens is 1. The van der Waals surface area contributed by atoms with Crippen LogP contribution in [0.2, 0.25) is 0 Å². The summed E-state index contributed by atoms with van der Waals surface area (Å²) in [4.78, 5) is 18.6. The molecule has 170 valence electrons. The first kappa shape index (κ1) is 22.5. The Balaban J connectivity index is 1.29. The molecular formula is C24H27NO6S. The third-order valence-electron chi connectivity index (χ3n) is 5.41. The van der Waals surface area contributed by atoms with E-state index in [1.165, 1.54) is 12.0 Å². The number of ether oxygens (including phenoxy) is 4. The van der Waals surface area contributed by atoms with Crippen molar-refractivity contribution in [2.24, 2.45) is 5.92 Å². The summed E-state index contributed by atoms with van der Waals surface area (Å²) < 4.78 is 27.7. The van der Waals surface area contributed by atoms with Gasteiger partial charge in [0.2, 0.25) is 5.89 Å². The third kappa shape index (κ3) is 5.03. The number of methoxy groups -OCH3 is 1. The second-order valence-electron chi connectivity index (χ2n) is 7.99. The van der Waals surface area contributed by atoms with E-state index in [9.17, 15) is 4.79 Å². The molecule has 7 nitrogen and oxygen atoms in total. The Morgan fingerprint density at radius 1 is 1.16 bits per heavy atom. The fourth-order valence-electron chi connectivity index (χ4n) is 3.49. The highest BCUT2D eigenvalue weighted by molar-refractivity contribution is 7.15. The fraction of sp³-hybridized carbons (Fsp3) is 0.417. The van der Waals surface area contributed by atoms with Gasteiger partial charge in [-0.1, -0.05) is 12.1 Å². The van der Waals surface area contributed by atoms with E-state index in [4.69, 9.17) is 23.4 Å². The lowest BCUT2D eigenvalue weighted by molar-refractivity contribution is -0.272. The van der Waals surface area contributed by atoms with Gasteiger partial charge in [-0.05, 0) is 50.1 Å². The maximum absolute atomic E-state index is 11.8. The molecule has 4 rings (SSSR count). The molecule has 8 heteroatoms. The van der Waals surface area contributed by atoms with Crippen LogP contribution in [0.15, 0.2) is 40.8 Å². The van der Waals surface area contributed by atoms with E-state index in [0.29, 0.717) is 25.7 Å². The molecule has 1 aliphatic heterocycles. The third-order valence-corrected chi connectivity index (χ3v) is 6.40. The minimum Gasteiger partial charge on any atom is -0.487 e. The predicted octanol–water partition coefficient (Wildman–Crippen LogP) is 4.69. The van der Waals surface area contributed by atoms with Crippen LogP contribution in [0.1, 0.15) is 28.8 Å². The normalized spacial score (nSPS) is 20.8. The van der Waals surface area contributed by atoms with Gasteiger partial charge in [-0.3, -0.25) is 0 Å². The number of nitrogens with zero attached hydrogens (tertiary/aromatic N) is 1. The van der Waals surface area contributed by atoms with Crippen molar-refractivity contribution in [1.82, 2.24) is 4.98 Å². The first-order chi connectivity index (χ1) is 15.4. The SMILES string of the molecule is COC(=O)[C@]1(C)OC[C@H](Cc2ccc(OCc3nc(-c4ccc(C)s4)oc3C)cc2)CO1. The molecule has 0 saturated carbocycles. The molecule has 1 aromatic carbocycles. The molecule has 1 saturated heterocycles. The summed E-state index contributed by atoms with van der Waals surface area (Å²) in [5.74, 6) is 0.492. The van der Waals surface area contributed by atoms with Gasteiger partial charge in [0.15, 0.2) is 0 Å². The van der Waals surface area contributed by atoms with Crippen LogP contribution in [-0.4, -0.2) is 37.1 Å². The van der Waals surface area contributed by atoms with E-state index >= 15 is 0 Å². The average molecular weight is 458 g/mol. The zero-order valence-corrected chi connectivity index (χ0v) is 19.5. The molecule has 0 unspecified atom stereocenters. The van der Waals surface area contributed by atoms with Crippen LogP contribution in [0.25, 0.3) is 10.8 Å². The minimum absolute atomic E-state index is 0.164. The number of aryl methyl sites for hydroxylation is 2. The Kier molecular flexibility index (Phi) is 6.64. The summed E-state index contributed by atoms with van der Waals surface area (Å²) in [7, 11) is 1.32. The van der Waals surface area contributed by atoms with Crippen molar-refractivity contribution < 1.29 is 28.2 Å². The van der Waals surface area contributed by atoms with Gasteiger partial charge >= 0.3 is 5.97 Å². The molecule has 0 spiro atoms. The number of esters is 1. The molecule has 3 aromatic rings. The van der Waals surface area contributed by atoms with Crippen molar-refractivity contribution in [3.63, 3.8) is 0 Å². The van der Waals surface area contributed by atoms with Crippen molar-refractivity contribution in [3.8, 4) is 16.5 Å². The smallest absolute Gasteiger partial charge is 0.366 e. The van der Waals surface area contributed by atoms with Gasteiger partial charge in [-0.25, -0.2) is 9.78 Å². The van der Waals surface area contributed by atoms with Crippen LogP contribution in [0.3, 0.4) is 0 Å². The van der Waals surface area contributed by atoms with Crippen molar-refractivity contribution in [3.05, 3.63) is 58.3 Å². The first-order valence-corrected chi connectivity index (χ1v) is 11.3. The van der Waals surface area contributed by atoms with Crippen molar-refractivity contribution in [2.75, 3.05) is 20.3 Å². The number of oxazole rings is 1. The number of hydrogen-bond acceptors (Lipinski definition) is 8. The van der Waals surface area contributed by atoms with Crippen LogP contribution in [0.5, 0.6) is 5.75 Å². The summed E-state index contributed by atoms with van der Waals surface area (Å²) in [5.41, 5.74) is 1.93. The van der Waals surface area contributed by atoms with Crippen LogP contribution < -0.4 is 4.74 Å². The molecule has 3 heterocycles. The molecule has 2 aromatic heterocycles. The van der Waals surface area contributed by atoms with E-state index in [1.807, 2.05) is 37.3 Å². The Hall–Kier alpha value is -2.68. The van der Waals surface area contributed by atoms with Gasteiger partial charge in [-0.15, -0.1) is 11.3 Å². The second kappa shape index (κ2) is 9.44. The molecule has 0 aliphatic carbocycles. The van der Waals surface area contributed by atoms with E-state index in [-0.39, 0.29) is 5.92 Å². The number of hydrogen-bond donors (Lipinski definition) is 0. The average Bonchev–Trinajstić information content (AvgIpc) is 3.39. The molecule has 32 heavy (non-hydrogen) atoms. The molecule has 0 N–H and O–H groups in total. The Bertz CT molecular complexity index is 1060. The lowest BCUT2D eigenvalue weighted by Gasteiger charge is -2.35. The highest BCUT2D eigenvalue weighted by Gasteiger charge is 2.41. The lowest BCUT2D eigenvalue weighted by Crippen LogP contribution is -2.48. The van der Waals surface area contributed by atoms with Crippen LogP contribution >= 0.6 is 11.3 Å². The van der Waals surface area contributed by atoms with E-state index < -0.39 is 11.8 Å². The number of carbonyl (C=O) groups is 1. The largest absolute Gasteiger partial charge is 0.487 e. The van der Waals surface area contributed by atoms with Crippen LogP contribution in [0, 0.1) is 19.8 Å². The Morgan fingerprint density at radius 3 is 2.50 bits per heavy atom. The molecule has 1 aliphatic rings. The molecular weight excluding hydrogens is 430 g/mol. The first-order valence-electron chi connectivity index (χ1n) is 10.5. The van der Waals surface area contributed by atoms with Gasteiger partial charge in [0.1, 0.15) is 23.8 Å². The number of carbonyl (C=O) groups excluding carboxylic acids is 1. The molecule has 0 radical (unpaired) electrons. The van der Waals surface area contributed by atoms with E-state index in [2.05, 4.69) is 18.0 Å². The van der Waals surface area contributed by atoms with Crippen LogP contribution in [0.4, 0.5) is 0 Å². The monoisotopic (exact) mass is 457 g/mol. The fourth-order valence-corrected chi connectivity index (χ4v) is 4.28. The lowest BCUT2D eigenvalue weighted by atomic mass is 9.99. The molecule has 1 fully saturated rings. The summed E-state index contributed by atoms with van der Waals surface area (Å²) in [6, 6.07) is 12.0. The van der Waals surface area contributed by atoms with E-state index in [0.717, 1.165) is 34.1 Å².